The molecule has 1 amide bonds. The standard InChI is InChI=1S/C15H23N5O/c1-2-11-7-10(8-14(17-11)19-16)15(21)18-12-5-6-20(9-12)13-3-4-13/h7-8,12-13H,2-6,9,16H2,1H3,(H,17,19)(H,18,21). The molecule has 1 atom stereocenters. The largest absolute Gasteiger partial charge is 0.348 e. The molecule has 1 saturated carbocycles. The fraction of sp³-hybridized carbons (Fsp3) is 0.600. The maximum absolute atomic E-state index is 12.4. The number of nitrogens with zero attached hydrogens (tertiary/aromatic N) is 2. The minimum Gasteiger partial charge on any atom is -0.348 e. The quantitative estimate of drug-likeness (QED) is 0.554. The topological polar surface area (TPSA) is 83.3 Å². The first-order valence-corrected chi connectivity index (χ1v) is 7.72. The van der Waals surface area contributed by atoms with Crippen LogP contribution in [0.5, 0.6) is 0 Å². The van der Waals surface area contributed by atoms with Crippen molar-refractivity contribution >= 4 is 11.7 Å². The third-order valence-corrected chi connectivity index (χ3v) is 4.27. The van der Waals surface area contributed by atoms with E-state index < -0.39 is 0 Å². The molecule has 2 aliphatic rings. The second kappa shape index (κ2) is 5.99. The number of pyridine rings is 1. The summed E-state index contributed by atoms with van der Waals surface area (Å²) in [5, 5.41) is 3.13. The highest BCUT2D eigenvalue weighted by Gasteiger charge is 2.34. The summed E-state index contributed by atoms with van der Waals surface area (Å²) in [7, 11) is 0. The molecular weight excluding hydrogens is 266 g/mol. The SMILES string of the molecule is CCc1cc(C(=O)NC2CCN(C3CC3)C2)cc(NN)n1. The normalized spacial score (nSPS) is 22.3. The lowest BCUT2D eigenvalue weighted by Gasteiger charge is -2.16. The maximum Gasteiger partial charge on any atom is 0.251 e. The fourth-order valence-electron chi connectivity index (χ4n) is 2.92. The van der Waals surface area contributed by atoms with E-state index in [0.29, 0.717) is 11.4 Å². The molecule has 1 unspecified atom stereocenters. The molecule has 0 bridgehead atoms. The average molecular weight is 289 g/mol. The number of nitrogens with two attached hydrogens (primary N) is 1. The van der Waals surface area contributed by atoms with Gasteiger partial charge in [0.2, 0.25) is 0 Å². The Labute approximate surface area is 125 Å². The van der Waals surface area contributed by atoms with Crippen molar-refractivity contribution in [3.05, 3.63) is 23.4 Å². The van der Waals surface area contributed by atoms with Gasteiger partial charge < -0.3 is 10.7 Å². The summed E-state index contributed by atoms with van der Waals surface area (Å²) in [6.07, 6.45) is 4.44. The third kappa shape index (κ3) is 3.33. The van der Waals surface area contributed by atoms with Crippen LogP contribution in [0.15, 0.2) is 12.1 Å². The smallest absolute Gasteiger partial charge is 0.251 e. The van der Waals surface area contributed by atoms with E-state index in [0.717, 1.165) is 37.7 Å². The van der Waals surface area contributed by atoms with Gasteiger partial charge in [-0.3, -0.25) is 9.69 Å². The van der Waals surface area contributed by atoms with Crippen molar-refractivity contribution in [2.45, 2.75) is 44.7 Å². The molecule has 3 rings (SSSR count). The summed E-state index contributed by atoms with van der Waals surface area (Å²) >= 11 is 0. The number of hydrazine groups is 1. The van der Waals surface area contributed by atoms with Gasteiger partial charge in [-0.25, -0.2) is 10.8 Å². The summed E-state index contributed by atoms with van der Waals surface area (Å²) in [6.45, 7) is 4.08. The number of amides is 1. The number of nitrogens with one attached hydrogen (secondary N) is 2. The number of aromatic nitrogens is 1. The Bertz CT molecular complexity index is 507. The number of likely N-dealkylation sites (tertiary alicyclic amines) is 1. The number of hydrogen-bond donors (Lipinski definition) is 3. The van der Waals surface area contributed by atoms with Crippen molar-refractivity contribution in [2.24, 2.45) is 5.84 Å². The summed E-state index contributed by atoms with van der Waals surface area (Å²) in [6, 6.07) is 4.56. The molecule has 21 heavy (non-hydrogen) atoms. The molecule has 1 aliphatic carbocycles. The summed E-state index contributed by atoms with van der Waals surface area (Å²) < 4.78 is 0. The molecule has 1 saturated heterocycles. The van der Waals surface area contributed by atoms with E-state index in [1.807, 2.05) is 13.0 Å². The molecule has 1 aromatic rings. The van der Waals surface area contributed by atoms with Gasteiger partial charge in [-0.05, 0) is 37.8 Å². The van der Waals surface area contributed by atoms with Crippen LogP contribution in [0.25, 0.3) is 0 Å². The van der Waals surface area contributed by atoms with E-state index in [1.165, 1.54) is 12.8 Å². The predicted molar refractivity (Wildman–Crippen MR) is 81.9 cm³/mol. The Morgan fingerprint density at radius 3 is 2.90 bits per heavy atom. The predicted octanol–water partition coefficient (Wildman–Crippen LogP) is 0.896. The Morgan fingerprint density at radius 2 is 2.24 bits per heavy atom. The first-order chi connectivity index (χ1) is 10.2. The molecule has 6 heteroatoms. The Kier molecular flexibility index (Phi) is 4.07. The van der Waals surface area contributed by atoms with E-state index in [1.54, 1.807) is 6.07 Å². The highest BCUT2D eigenvalue weighted by Crippen LogP contribution is 2.29. The fourth-order valence-corrected chi connectivity index (χ4v) is 2.92. The Hall–Kier alpha value is -1.66. The van der Waals surface area contributed by atoms with Crippen molar-refractivity contribution < 1.29 is 4.79 Å². The van der Waals surface area contributed by atoms with Gasteiger partial charge in [0.1, 0.15) is 5.82 Å². The van der Waals surface area contributed by atoms with Crippen LogP contribution in [0, 0.1) is 0 Å². The molecule has 2 heterocycles. The van der Waals surface area contributed by atoms with Crippen molar-refractivity contribution in [2.75, 3.05) is 18.5 Å². The minimum atomic E-state index is -0.0359. The highest BCUT2D eigenvalue weighted by atomic mass is 16.1. The molecule has 4 N–H and O–H groups in total. The number of aryl methyl sites for hydroxylation is 1. The lowest BCUT2D eigenvalue weighted by atomic mass is 10.1. The van der Waals surface area contributed by atoms with Crippen LogP contribution < -0.4 is 16.6 Å². The van der Waals surface area contributed by atoms with Crippen LogP contribution in [0.1, 0.15) is 42.2 Å². The van der Waals surface area contributed by atoms with Crippen LogP contribution in [-0.2, 0) is 6.42 Å². The van der Waals surface area contributed by atoms with Gasteiger partial charge in [-0.1, -0.05) is 6.92 Å². The zero-order chi connectivity index (χ0) is 14.8. The first kappa shape index (κ1) is 14.3. The van der Waals surface area contributed by atoms with Gasteiger partial charge in [0, 0.05) is 36.4 Å². The highest BCUT2D eigenvalue weighted by molar-refractivity contribution is 5.95. The van der Waals surface area contributed by atoms with Gasteiger partial charge in [-0.2, -0.15) is 0 Å². The Morgan fingerprint density at radius 1 is 1.43 bits per heavy atom. The molecule has 1 aliphatic heterocycles. The molecule has 0 aromatic carbocycles. The summed E-state index contributed by atoms with van der Waals surface area (Å²) in [5.74, 6) is 5.91. The number of anilines is 1. The van der Waals surface area contributed by atoms with Gasteiger partial charge in [-0.15, -0.1) is 0 Å². The van der Waals surface area contributed by atoms with E-state index in [2.05, 4.69) is 20.6 Å². The van der Waals surface area contributed by atoms with Crippen molar-refractivity contribution in [3.8, 4) is 0 Å². The van der Waals surface area contributed by atoms with E-state index in [9.17, 15) is 4.79 Å². The van der Waals surface area contributed by atoms with Gasteiger partial charge >= 0.3 is 0 Å². The lowest BCUT2D eigenvalue weighted by Crippen LogP contribution is -2.37. The number of hydrogen-bond acceptors (Lipinski definition) is 5. The van der Waals surface area contributed by atoms with Crippen LogP contribution >= 0.6 is 0 Å². The van der Waals surface area contributed by atoms with Crippen LogP contribution in [0.4, 0.5) is 5.82 Å². The molecule has 1 aromatic heterocycles. The van der Waals surface area contributed by atoms with Crippen LogP contribution in [0.3, 0.4) is 0 Å². The van der Waals surface area contributed by atoms with Crippen LogP contribution in [-0.4, -0.2) is 41.0 Å². The summed E-state index contributed by atoms with van der Waals surface area (Å²) in [5.41, 5.74) is 4.01. The van der Waals surface area contributed by atoms with Crippen LogP contribution in [0.2, 0.25) is 0 Å². The maximum atomic E-state index is 12.4. The zero-order valence-electron chi connectivity index (χ0n) is 12.4. The van der Waals surface area contributed by atoms with E-state index >= 15 is 0 Å². The second-order valence-corrected chi connectivity index (χ2v) is 5.92. The molecule has 114 valence electrons. The third-order valence-electron chi connectivity index (χ3n) is 4.27. The second-order valence-electron chi connectivity index (χ2n) is 5.92. The Balaban J connectivity index is 1.64. The first-order valence-electron chi connectivity index (χ1n) is 7.72. The number of rotatable bonds is 5. The van der Waals surface area contributed by atoms with Crippen molar-refractivity contribution in [1.82, 2.24) is 15.2 Å². The van der Waals surface area contributed by atoms with Gasteiger partial charge in [0.05, 0.1) is 0 Å². The minimum absolute atomic E-state index is 0.0359. The van der Waals surface area contributed by atoms with Gasteiger partial charge in [0.15, 0.2) is 0 Å². The zero-order valence-corrected chi connectivity index (χ0v) is 12.4. The number of nitrogen functional groups attached to an aromatic ring is 1. The van der Waals surface area contributed by atoms with E-state index in [4.69, 9.17) is 5.84 Å². The average Bonchev–Trinajstić information content (AvgIpc) is 3.27. The molecule has 0 spiro atoms. The molecular formula is C15H23N5O. The van der Waals surface area contributed by atoms with Crippen molar-refractivity contribution in [1.29, 1.82) is 0 Å². The van der Waals surface area contributed by atoms with Crippen molar-refractivity contribution in [3.63, 3.8) is 0 Å². The number of carbonyl (C=O) groups excluding carboxylic acids is 1. The number of carbonyl (C=O) groups is 1. The van der Waals surface area contributed by atoms with E-state index in [-0.39, 0.29) is 11.9 Å². The monoisotopic (exact) mass is 289 g/mol. The molecule has 2 fully saturated rings. The summed E-state index contributed by atoms with van der Waals surface area (Å²) in [4.78, 5) is 19.2. The molecule has 6 nitrogen and oxygen atoms in total. The molecule has 0 radical (unpaired) electrons. The lowest BCUT2D eigenvalue weighted by molar-refractivity contribution is 0.0937. The van der Waals surface area contributed by atoms with Gasteiger partial charge in [0.25, 0.3) is 5.91 Å².